The summed E-state index contributed by atoms with van der Waals surface area (Å²) in [6.45, 7) is 0. The molecule has 2 heterocycles. The van der Waals surface area contributed by atoms with Crippen molar-refractivity contribution in [2.75, 3.05) is 0 Å². The van der Waals surface area contributed by atoms with E-state index >= 15 is 0 Å². The fourth-order valence-corrected chi connectivity index (χ4v) is 1.54. The van der Waals surface area contributed by atoms with Crippen LogP contribution in [0, 0.1) is 0 Å². The number of nitrogens with zero attached hydrogens (tertiary/aromatic N) is 1. The van der Waals surface area contributed by atoms with E-state index in [9.17, 15) is 0 Å². The van der Waals surface area contributed by atoms with Crippen LogP contribution in [-0.2, 0) is 0 Å². The molecule has 0 fully saturated rings. The second-order valence-electron chi connectivity index (χ2n) is 3.11. The van der Waals surface area contributed by atoms with Gasteiger partial charge in [-0.05, 0) is 24.3 Å². The third-order valence-electron chi connectivity index (χ3n) is 2.22. The zero-order valence-electron chi connectivity index (χ0n) is 7.40. The first-order valence-corrected chi connectivity index (χ1v) is 4.40. The van der Waals surface area contributed by atoms with Gasteiger partial charge in [-0.15, -0.1) is 0 Å². The molecule has 3 heteroatoms. The lowest BCUT2D eigenvalue weighted by molar-refractivity contribution is 0.616. The lowest BCUT2D eigenvalue weighted by Gasteiger charge is -1.95. The molecule has 0 radical (unpaired) electrons. The molecular formula is C11H8N2O. The molecule has 1 aromatic carbocycles. The zero-order chi connectivity index (χ0) is 9.38. The minimum Gasteiger partial charge on any atom is -0.464 e. The fourth-order valence-electron chi connectivity index (χ4n) is 1.54. The summed E-state index contributed by atoms with van der Waals surface area (Å²) in [6, 6.07) is 7.94. The number of hydrogen-bond donors (Lipinski definition) is 1. The summed E-state index contributed by atoms with van der Waals surface area (Å²) >= 11 is 0. The number of furan rings is 1. The number of aromatic amines is 1. The molecule has 2 aromatic heterocycles. The van der Waals surface area contributed by atoms with Crippen LogP contribution in [0.1, 0.15) is 0 Å². The number of benzene rings is 1. The smallest absolute Gasteiger partial charge is 0.137 e. The van der Waals surface area contributed by atoms with Gasteiger partial charge < -0.3 is 9.40 Å². The van der Waals surface area contributed by atoms with Crippen molar-refractivity contribution in [1.82, 2.24) is 9.97 Å². The molecule has 3 rings (SSSR count). The highest BCUT2D eigenvalue weighted by molar-refractivity contribution is 5.82. The third-order valence-corrected chi connectivity index (χ3v) is 2.22. The molecular weight excluding hydrogens is 176 g/mol. The maximum atomic E-state index is 5.26. The van der Waals surface area contributed by atoms with Gasteiger partial charge >= 0.3 is 0 Å². The van der Waals surface area contributed by atoms with Crippen LogP contribution in [0.2, 0.25) is 0 Å². The van der Waals surface area contributed by atoms with Gasteiger partial charge in [-0.1, -0.05) is 0 Å². The Balaban J connectivity index is 2.23. The lowest BCUT2D eigenvalue weighted by Crippen LogP contribution is -1.78. The molecule has 0 unspecified atom stereocenters. The summed E-state index contributed by atoms with van der Waals surface area (Å²) in [6.07, 6.45) is 5.25. The SMILES string of the molecule is c1c[nH]c(-c2ccc3occc3c2)n1. The average Bonchev–Trinajstić information content (AvgIpc) is 2.88. The zero-order valence-corrected chi connectivity index (χ0v) is 7.40. The number of nitrogens with one attached hydrogen (secondary N) is 1. The van der Waals surface area contributed by atoms with Gasteiger partial charge in [-0.2, -0.15) is 0 Å². The van der Waals surface area contributed by atoms with Crippen molar-refractivity contribution < 1.29 is 4.42 Å². The van der Waals surface area contributed by atoms with Crippen LogP contribution in [0.4, 0.5) is 0 Å². The van der Waals surface area contributed by atoms with Crippen LogP contribution < -0.4 is 0 Å². The van der Waals surface area contributed by atoms with E-state index in [-0.39, 0.29) is 0 Å². The molecule has 14 heavy (non-hydrogen) atoms. The van der Waals surface area contributed by atoms with Crippen LogP contribution in [0.5, 0.6) is 0 Å². The van der Waals surface area contributed by atoms with Crippen LogP contribution in [0.3, 0.4) is 0 Å². The maximum Gasteiger partial charge on any atom is 0.137 e. The number of hydrogen-bond acceptors (Lipinski definition) is 2. The van der Waals surface area contributed by atoms with Crippen LogP contribution >= 0.6 is 0 Å². The molecule has 0 aliphatic heterocycles. The van der Waals surface area contributed by atoms with E-state index < -0.39 is 0 Å². The Morgan fingerprint density at radius 2 is 2.21 bits per heavy atom. The topological polar surface area (TPSA) is 41.8 Å². The quantitative estimate of drug-likeness (QED) is 0.631. The van der Waals surface area contributed by atoms with Crippen molar-refractivity contribution in [2.24, 2.45) is 0 Å². The summed E-state index contributed by atoms with van der Waals surface area (Å²) < 4.78 is 5.26. The maximum absolute atomic E-state index is 5.26. The van der Waals surface area contributed by atoms with Gasteiger partial charge in [0.1, 0.15) is 11.4 Å². The molecule has 0 spiro atoms. The lowest BCUT2D eigenvalue weighted by atomic mass is 10.1. The van der Waals surface area contributed by atoms with Gasteiger partial charge in [0.05, 0.1) is 6.26 Å². The standard InChI is InChI=1S/C11H8N2O/c1-2-10-8(3-6-14-10)7-9(1)11-12-4-5-13-11/h1-7H,(H,12,13). The van der Waals surface area contributed by atoms with Crippen LogP contribution in [0.15, 0.2) is 47.3 Å². The van der Waals surface area contributed by atoms with Crippen molar-refractivity contribution in [2.45, 2.75) is 0 Å². The third kappa shape index (κ3) is 1.03. The highest BCUT2D eigenvalue weighted by Crippen LogP contribution is 2.22. The number of imidazole rings is 1. The first kappa shape index (κ1) is 7.38. The van der Waals surface area contributed by atoms with Gasteiger partial charge in [-0.3, -0.25) is 0 Å². The molecule has 0 saturated carbocycles. The Hall–Kier alpha value is -2.03. The first-order chi connectivity index (χ1) is 6.93. The monoisotopic (exact) mass is 184 g/mol. The Kier molecular flexibility index (Phi) is 1.44. The Morgan fingerprint density at radius 3 is 3.07 bits per heavy atom. The minimum atomic E-state index is 0.883. The normalized spacial score (nSPS) is 10.9. The van der Waals surface area contributed by atoms with E-state index in [1.807, 2.05) is 24.4 Å². The molecule has 3 aromatic rings. The molecule has 0 amide bonds. The van der Waals surface area contributed by atoms with Crippen molar-refractivity contribution in [3.8, 4) is 11.4 Å². The highest BCUT2D eigenvalue weighted by Gasteiger charge is 2.02. The van der Waals surface area contributed by atoms with Crippen molar-refractivity contribution in [3.05, 3.63) is 42.9 Å². The molecule has 0 bridgehead atoms. The Labute approximate surface area is 80.4 Å². The summed E-state index contributed by atoms with van der Waals surface area (Å²) in [5.41, 5.74) is 1.98. The molecule has 68 valence electrons. The summed E-state index contributed by atoms with van der Waals surface area (Å²) in [7, 11) is 0. The molecule has 1 N–H and O–H groups in total. The van der Waals surface area contributed by atoms with Crippen LogP contribution in [0.25, 0.3) is 22.4 Å². The fraction of sp³-hybridized carbons (Fsp3) is 0. The largest absolute Gasteiger partial charge is 0.464 e. The Morgan fingerprint density at radius 1 is 1.21 bits per heavy atom. The molecule has 0 aliphatic rings. The van der Waals surface area contributed by atoms with Gasteiger partial charge in [0, 0.05) is 23.3 Å². The van der Waals surface area contributed by atoms with Gasteiger partial charge in [0.2, 0.25) is 0 Å². The molecule has 0 aliphatic carbocycles. The summed E-state index contributed by atoms with van der Waals surface area (Å²) in [5.74, 6) is 0.883. The van der Waals surface area contributed by atoms with Gasteiger partial charge in [-0.25, -0.2) is 4.98 Å². The van der Waals surface area contributed by atoms with E-state index in [1.165, 1.54) is 0 Å². The highest BCUT2D eigenvalue weighted by atomic mass is 16.3. The van der Waals surface area contributed by atoms with E-state index in [1.54, 1.807) is 12.5 Å². The number of rotatable bonds is 1. The molecule has 3 nitrogen and oxygen atoms in total. The first-order valence-electron chi connectivity index (χ1n) is 4.40. The van der Waals surface area contributed by atoms with Crippen molar-refractivity contribution >= 4 is 11.0 Å². The van der Waals surface area contributed by atoms with E-state index in [2.05, 4.69) is 16.0 Å². The molecule has 0 saturated heterocycles. The van der Waals surface area contributed by atoms with E-state index in [0.717, 1.165) is 22.4 Å². The molecule has 0 atom stereocenters. The number of aromatic nitrogens is 2. The average molecular weight is 184 g/mol. The second kappa shape index (κ2) is 2.73. The van der Waals surface area contributed by atoms with Crippen molar-refractivity contribution in [1.29, 1.82) is 0 Å². The minimum absolute atomic E-state index is 0.883. The second-order valence-corrected chi connectivity index (χ2v) is 3.11. The van der Waals surface area contributed by atoms with Crippen molar-refractivity contribution in [3.63, 3.8) is 0 Å². The van der Waals surface area contributed by atoms with Gasteiger partial charge in [0.15, 0.2) is 0 Å². The predicted octanol–water partition coefficient (Wildman–Crippen LogP) is 2.82. The van der Waals surface area contributed by atoms with E-state index in [4.69, 9.17) is 4.42 Å². The van der Waals surface area contributed by atoms with Gasteiger partial charge in [0.25, 0.3) is 0 Å². The predicted molar refractivity (Wildman–Crippen MR) is 53.8 cm³/mol. The summed E-state index contributed by atoms with van der Waals surface area (Å²) in [4.78, 5) is 7.26. The van der Waals surface area contributed by atoms with Crippen LogP contribution in [-0.4, -0.2) is 9.97 Å². The number of H-pyrrole nitrogens is 1. The number of fused-ring (bicyclic) bond motifs is 1. The Bertz CT molecular complexity index is 551. The summed E-state index contributed by atoms with van der Waals surface area (Å²) in [5, 5.41) is 1.10. The van der Waals surface area contributed by atoms with E-state index in [0.29, 0.717) is 0 Å².